The van der Waals surface area contributed by atoms with E-state index in [0.29, 0.717) is 16.9 Å². The molecular formula is C15H11NO5. The van der Waals surface area contributed by atoms with Gasteiger partial charge in [0.05, 0.1) is 18.2 Å². The molecule has 0 radical (unpaired) electrons. The van der Waals surface area contributed by atoms with Crippen LogP contribution in [0.25, 0.3) is 22.6 Å². The minimum atomic E-state index is -1.09. The Balaban J connectivity index is 2.22. The van der Waals surface area contributed by atoms with Crippen LogP contribution in [0.4, 0.5) is 0 Å². The Labute approximate surface area is 119 Å². The molecule has 0 saturated heterocycles. The number of aromatic nitrogens is 1. The van der Waals surface area contributed by atoms with Crippen LogP contribution < -0.4 is 4.74 Å². The van der Waals surface area contributed by atoms with E-state index < -0.39 is 5.97 Å². The summed E-state index contributed by atoms with van der Waals surface area (Å²) in [5, 5.41) is 19.1. The normalized spacial score (nSPS) is 10.7. The Morgan fingerprint density at radius 3 is 2.81 bits per heavy atom. The predicted octanol–water partition coefficient (Wildman–Crippen LogP) is 2.91. The second kappa shape index (κ2) is 4.82. The lowest BCUT2D eigenvalue weighted by molar-refractivity contribution is 0.0699. The molecule has 0 atom stereocenters. The lowest BCUT2D eigenvalue weighted by Gasteiger charge is -2.03. The molecule has 106 valence electrons. The zero-order valence-electron chi connectivity index (χ0n) is 11.0. The van der Waals surface area contributed by atoms with Crippen molar-refractivity contribution >= 4 is 17.1 Å². The number of oxazole rings is 1. The highest BCUT2D eigenvalue weighted by atomic mass is 16.5. The summed E-state index contributed by atoms with van der Waals surface area (Å²) in [5.74, 6) is -0.451. The summed E-state index contributed by atoms with van der Waals surface area (Å²) in [6.07, 6.45) is 0. The number of para-hydroxylation sites is 1. The zero-order chi connectivity index (χ0) is 15.0. The summed E-state index contributed by atoms with van der Waals surface area (Å²) in [6.45, 7) is 0. The van der Waals surface area contributed by atoms with Gasteiger partial charge in [-0.1, -0.05) is 6.07 Å². The summed E-state index contributed by atoms with van der Waals surface area (Å²) in [6, 6.07) is 9.27. The SMILES string of the molecule is COc1ccc(O)c(-c2nc3c(C(=O)O)cccc3o2)c1. The first-order valence-corrected chi connectivity index (χ1v) is 6.10. The van der Waals surface area contributed by atoms with Gasteiger partial charge in [-0.3, -0.25) is 0 Å². The third-order valence-electron chi connectivity index (χ3n) is 3.08. The van der Waals surface area contributed by atoms with Gasteiger partial charge in [0, 0.05) is 0 Å². The van der Waals surface area contributed by atoms with Gasteiger partial charge in [-0.05, 0) is 30.3 Å². The van der Waals surface area contributed by atoms with Crippen LogP contribution in [0.1, 0.15) is 10.4 Å². The van der Waals surface area contributed by atoms with Crippen molar-refractivity contribution in [2.75, 3.05) is 7.11 Å². The molecular weight excluding hydrogens is 274 g/mol. The van der Waals surface area contributed by atoms with Crippen LogP contribution in [-0.2, 0) is 0 Å². The fraction of sp³-hybridized carbons (Fsp3) is 0.0667. The number of phenols is 1. The molecule has 0 aliphatic carbocycles. The van der Waals surface area contributed by atoms with Gasteiger partial charge in [0.2, 0.25) is 5.89 Å². The number of aromatic hydroxyl groups is 1. The first kappa shape index (κ1) is 13.0. The van der Waals surface area contributed by atoms with Crippen molar-refractivity contribution < 1.29 is 24.2 Å². The number of methoxy groups -OCH3 is 1. The number of benzene rings is 2. The van der Waals surface area contributed by atoms with Crippen molar-refractivity contribution in [3.8, 4) is 23.0 Å². The molecule has 6 nitrogen and oxygen atoms in total. The van der Waals surface area contributed by atoms with E-state index in [4.69, 9.17) is 14.3 Å². The zero-order valence-corrected chi connectivity index (χ0v) is 11.0. The van der Waals surface area contributed by atoms with E-state index in [1.165, 1.54) is 19.2 Å². The summed E-state index contributed by atoms with van der Waals surface area (Å²) in [7, 11) is 1.50. The van der Waals surface area contributed by atoms with Gasteiger partial charge in [-0.2, -0.15) is 0 Å². The average molecular weight is 285 g/mol. The van der Waals surface area contributed by atoms with Gasteiger partial charge in [-0.25, -0.2) is 9.78 Å². The molecule has 0 saturated carbocycles. The number of ether oxygens (including phenoxy) is 1. The average Bonchev–Trinajstić information content (AvgIpc) is 2.91. The van der Waals surface area contributed by atoms with Crippen molar-refractivity contribution in [1.29, 1.82) is 0 Å². The number of carboxylic acids is 1. The van der Waals surface area contributed by atoms with Crippen LogP contribution in [0.3, 0.4) is 0 Å². The maximum atomic E-state index is 11.2. The van der Waals surface area contributed by atoms with Crippen LogP contribution in [-0.4, -0.2) is 28.3 Å². The number of phenolic OH excluding ortho intramolecular Hbond substituents is 1. The number of carbonyl (C=O) groups is 1. The molecule has 0 aliphatic heterocycles. The number of rotatable bonds is 3. The van der Waals surface area contributed by atoms with Crippen LogP contribution in [0.2, 0.25) is 0 Å². The Morgan fingerprint density at radius 1 is 1.29 bits per heavy atom. The summed E-state index contributed by atoms with van der Waals surface area (Å²) in [4.78, 5) is 15.4. The fourth-order valence-electron chi connectivity index (χ4n) is 2.05. The molecule has 1 heterocycles. The van der Waals surface area contributed by atoms with Gasteiger partial charge in [0.1, 0.15) is 17.0 Å². The van der Waals surface area contributed by atoms with E-state index >= 15 is 0 Å². The summed E-state index contributed by atoms with van der Waals surface area (Å²) < 4.78 is 10.6. The molecule has 0 spiro atoms. The quantitative estimate of drug-likeness (QED) is 0.768. The van der Waals surface area contributed by atoms with Crippen molar-refractivity contribution in [3.63, 3.8) is 0 Å². The van der Waals surface area contributed by atoms with Gasteiger partial charge in [0.15, 0.2) is 5.58 Å². The fourth-order valence-corrected chi connectivity index (χ4v) is 2.05. The molecule has 0 fully saturated rings. The number of nitrogens with zero attached hydrogens (tertiary/aromatic N) is 1. The summed E-state index contributed by atoms with van der Waals surface area (Å²) >= 11 is 0. The van der Waals surface area contributed by atoms with E-state index in [-0.39, 0.29) is 22.7 Å². The maximum absolute atomic E-state index is 11.2. The molecule has 1 aromatic heterocycles. The van der Waals surface area contributed by atoms with Gasteiger partial charge in [-0.15, -0.1) is 0 Å². The highest BCUT2D eigenvalue weighted by molar-refractivity contribution is 6.00. The molecule has 21 heavy (non-hydrogen) atoms. The van der Waals surface area contributed by atoms with E-state index in [9.17, 15) is 9.90 Å². The second-order valence-corrected chi connectivity index (χ2v) is 4.36. The standard InChI is InChI=1S/C15H11NO5/c1-20-8-5-6-11(17)10(7-8)14-16-13-9(15(18)19)3-2-4-12(13)21-14/h2-7,17H,1H3,(H,18,19). The van der Waals surface area contributed by atoms with Gasteiger partial charge < -0.3 is 19.4 Å². The Bertz CT molecular complexity index is 837. The maximum Gasteiger partial charge on any atom is 0.338 e. The van der Waals surface area contributed by atoms with Crippen molar-refractivity contribution in [2.24, 2.45) is 0 Å². The molecule has 3 aromatic rings. The lowest BCUT2D eigenvalue weighted by atomic mass is 10.2. The number of hydrogen-bond donors (Lipinski definition) is 2. The van der Waals surface area contributed by atoms with Crippen molar-refractivity contribution in [3.05, 3.63) is 42.0 Å². The number of fused-ring (bicyclic) bond motifs is 1. The largest absolute Gasteiger partial charge is 0.507 e. The minimum Gasteiger partial charge on any atom is -0.507 e. The molecule has 6 heteroatoms. The number of hydrogen-bond acceptors (Lipinski definition) is 5. The van der Waals surface area contributed by atoms with Crippen LogP contribution >= 0.6 is 0 Å². The van der Waals surface area contributed by atoms with Crippen molar-refractivity contribution in [2.45, 2.75) is 0 Å². The second-order valence-electron chi connectivity index (χ2n) is 4.36. The highest BCUT2D eigenvalue weighted by Crippen LogP contribution is 2.34. The molecule has 0 amide bonds. The van der Waals surface area contributed by atoms with E-state index in [0.717, 1.165) is 0 Å². The van der Waals surface area contributed by atoms with Crippen molar-refractivity contribution in [1.82, 2.24) is 4.98 Å². The van der Waals surface area contributed by atoms with E-state index in [1.807, 2.05) is 0 Å². The topological polar surface area (TPSA) is 92.8 Å². The Kier molecular flexibility index (Phi) is 2.98. The Morgan fingerprint density at radius 2 is 2.10 bits per heavy atom. The third kappa shape index (κ3) is 2.16. The monoisotopic (exact) mass is 285 g/mol. The van der Waals surface area contributed by atoms with E-state index in [1.54, 1.807) is 24.3 Å². The predicted molar refractivity (Wildman–Crippen MR) is 74.6 cm³/mol. The molecule has 0 aliphatic rings. The first-order chi connectivity index (χ1) is 10.1. The van der Waals surface area contributed by atoms with E-state index in [2.05, 4.69) is 4.98 Å². The number of aromatic carboxylic acids is 1. The Hall–Kier alpha value is -3.02. The summed E-state index contributed by atoms with van der Waals surface area (Å²) in [5.41, 5.74) is 0.959. The van der Waals surface area contributed by atoms with Crippen LogP contribution in [0, 0.1) is 0 Å². The first-order valence-electron chi connectivity index (χ1n) is 6.10. The van der Waals surface area contributed by atoms with Crippen LogP contribution in [0.5, 0.6) is 11.5 Å². The molecule has 2 aromatic carbocycles. The van der Waals surface area contributed by atoms with Gasteiger partial charge in [0.25, 0.3) is 0 Å². The smallest absolute Gasteiger partial charge is 0.338 e. The molecule has 0 unspecified atom stereocenters. The molecule has 0 bridgehead atoms. The molecule has 3 rings (SSSR count). The van der Waals surface area contributed by atoms with Crippen LogP contribution in [0.15, 0.2) is 40.8 Å². The third-order valence-corrected chi connectivity index (χ3v) is 3.08. The lowest BCUT2D eigenvalue weighted by Crippen LogP contribution is -1.96. The minimum absolute atomic E-state index is 0.0285. The highest BCUT2D eigenvalue weighted by Gasteiger charge is 2.17. The molecule has 2 N–H and O–H groups in total. The van der Waals surface area contributed by atoms with Gasteiger partial charge >= 0.3 is 5.97 Å². The number of carboxylic acid groups (broad SMARTS) is 1.